The summed E-state index contributed by atoms with van der Waals surface area (Å²) in [5.74, 6) is -1.72. The first-order valence-corrected chi connectivity index (χ1v) is 6.38. The Kier molecular flexibility index (Phi) is 4.79. The number of amidine groups is 1. The SMILES string of the molecule is O=C(NNC1=NCCN(Cc2ccccc2)C1)C(F)(F)F. The molecule has 0 aliphatic carbocycles. The van der Waals surface area contributed by atoms with E-state index in [1.165, 1.54) is 0 Å². The van der Waals surface area contributed by atoms with Crippen molar-refractivity contribution in [2.24, 2.45) is 4.99 Å². The topological polar surface area (TPSA) is 56.7 Å². The van der Waals surface area contributed by atoms with Crippen LogP contribution >= 0.6 is 0 Å². The highest BCUT2D eigenvalue weighted by atomic mass is 19.4. The number of aliphatic imine (C=N–C) groups is 1. The summed E-state index contributed by atoms with van der Waals surface area (Å²) in [5.41, 5.74) is 4.95. The molecular formula is C13H15F3N4O. The predicted molar refractivity (Wildman–Crippen MR) is 71.4 cm³/mol. The zero-order valence-electron chi connectivity index (χ0n) is 11.2. The lowest BCUT2D eigenvalue weighted by Crippen LogP contribution is -2.52. The number of amides is 1. The predicted octanol–water partition coefficient (Wildman–Crippen LogP) is 1.08. The van der Waals surface area contributed by atoms with E-state index in [0.29, 0.717) is 32.0 Å². The van der Waals surface area contributed by atoms with E-state index >= 15 is 0 Å². The Balaban J connectivity index is 1.83. The average Bonchev–Trinajstić information content (AvgIpc) is 2.45. The largest absolute Gasteiger partial charge is 0.472 e. The molecule has 0 spiro atoms. The Morgan fingerprint density at radius 2 is 2.00 bits per heavy atom. The molecule has 0 aromatic heterocycles. The highest BCUT2D eigenvalue weighted by Gasteiger charge is 2.38. The summed E-state index contributed by atoms with van der Waals surface area (Å²) in [6, 6.07) is 9.72. The average molecular weight is 300 g/mol. The normalized spacial score (nSPS) is 16.2. The van der Waals surface area contributed by atoms with Crippen LogP contribution in [-0.4, -0.2) is 42.5 Å². The van der Waals surface area contributed by atoms with Crippen LogP contribution in [0.2, 0.25) is 0 Å². The zero-order chi connectivity index (χ0) is 15.3. The molecule has 0 saturated heterocycles. The second kappa shape index (κ2) is 6.57. The summed E-state index contributed by atoms with van der Waals surface area (Å²) < 4.78 is 36.2. The molecule has 2 rings (SSSR count). The number of hydrazine groups is 1. The third-order valence-electron chi connectivity index (χ3n) is 2.92. The molecule has 1 aromatic rings. The molecule has 1 aliphatic heterocycles. The fourth-order valence-electron chi connectivity index (χ4n) is 1.92. The minimum absolute atomic E-state index is 0.315. The van der Waals surface area contributed by atoms with Crippen molar-refractivity contribution in [3.8, 4) is 0 Å². The highest BCUT2D eigenvalue weighted by Crippen LogP contribution is 2.13. The van der Waals surface area contributed by atoms with Gasteiger partial charge in [0.15, 0.2) is 0 Å². The molecule has 8 heteroatoms. The van der Waals surface area contributed by atoms with Crippen molar-refractivity contribution < 1.29 is 18.0 Å². The van der Waals surface area contributed by atoms with Gasteiger partial charge in [-0.1, -0.05) is 30.3 Å². The number of benzene rings is 1. The Morgan fingerprint density at radius 3 is 2.67 bits per heavy atom. The lowest BCUT2D eigenvalue weighted by atomic mass is 10.2. The summed E-state index contributed by atoms with van der Waals surface area (Å²) >= 11 is 0. The molecule has 1 heterocycles. The van der Waals surface area contributed by atoms with E-state index < -0.39 is 12.1 Å². The minimum Gasteiger partial charge on any atom is -0.290 e. The number of nitrogens with one attached hydrogen (secondary N) is 2. The number of alkyl halides is 3. The molecule has 0 saturated carbocycles. The van der Waals surface area contributed by atoms with E-state index in [0.717, 1.165) is 5.56 Å². The number of carbonyl (C=O) groups is 1. The molecule has 1 amide bonds. The number of halogens is 3. The molecule has 114 valence electrons. The fraction of sp³-hybridized carbons (Fsp3) is 0.385. The standard InChI is InChI=1S/C13H15F3N4O/c14-13(15,16)12(21)19-18-11-9-20(7-6-17-11)8-10-4-2-1-3-5-10/h1-5H,6-9H2,(H,17,18)(H,19,21). The number of hydrogen-bond acceptors (Lipinski definition) is 4. The van der Waals surface area contributed by atoms with Crippen LogP contribution in [0.1, 0.15) is 5.56 Å². The van der Waals surface area contributed by atoms with Crippen LogP contribution in [-0.2, 0) is 11.3 Å². The van der Waals surface area contributed by atoms with Gasteiger partial charge >= 0.3 is 12.1 Å². The van der Waals surface area contributed by atoms with Gasteiger partial charge in [0, 0.05) is 13.1 Å². The van der Waals surface area contributed by atoms with Gasteiger partial charge in [-0.3, -0.25) is 25.5 Å². The van der Waals surface area contributed by atoms with Crippen molar-refractivity contribution in [3.63, 3.8) is 0 Å². The second-order valence-electron chi connectivity index (χ2n) is 4.60. The van der Waals surface area contributed by atoms with Crippen LogP contribution in [0.3, 0.4) is 0 Å². The van der Waals surface area contributed by atoms with Gasteiger partial charge in [0.05, 0.1) is 13.1 Å². The summed E-state index contributed by atoms with van der Waals surface area (Å²) in [7, 11) is 0. The van der Waals surface area contributed by atoms with Gasteiger partial charge in [0.2, 0.25) is 0 Å². The van der Waals surface area contributed by atoms with E-state index in [-0.39, 0.29) is 0 Å². The first kappa shape index (κ1) is 15.3. The maximum absolute atomic E-state index is 12.1. The van der Waals surface area contributed by atoms with Gasteiger partial charge in [-0.15, -0.1) is 0 Å². The molecule has 0 radical (unpaired) electrons. The maximum Gasteiger partial charge on any atom is 0.472 e. The van der Waals surface area contributed by atoms with Gasteiger partial charge in [-0.25, -0.2) is 0 Å². The van der Waals surface area contributed by atoms with Crippen LogP contribution in [0.25, 0.3) is 0 Å². The van der Waals surface area contributed by atoms with E-state index in [2.05, 4.69) is 10.4 Å². The second-order valence-corrected chi connectivity index (χ2v) is 4.60. The van der Waals surface area contributed by atoms with Crippen molar-refractivity contribution >= 4 is 11.7 Å². The highest BCUT2D eigenvalue weighted by molar-refractivity contribution is 5.89. The van der Waals surface area contributed by atoms with Crippen LogP contribution < -0.4 is 10.9 Å². The number of rotatable bonds is 2. The third-order valence-corrected chi connectivity index (χ3v) is 2.92. The molecule has 0 unspecified atom stereocenters. The summed E-state index contributed by atoms with van der Waals surface area (Å²) in [4.78, 5) is 16.8. The zero-order valence-corrected chi connectivity index (χ0v) is 11.2. The van der Waals surface area contributed by atoms with Crippen molar-refractivity contribution in [1.82, 2.24) is 15.8 Å². The Morgan fingerprint density at radius 1 is 1.29 bits per heavy atom. The van der Waals surface area contributed by atoms with E-state index in [4.69, 9.17) is 0 Å². The molecule has 5 nitrogen and oxygen atoms in total. The summed E-state index contributed by atoms with van der Waals surface area (Å²) in [5, 5.41) is 0. The first-order chi connectivity index (χ1) is 9.95. The smallest absolute Gasteiger partial charge is 0.290 e. The minimum atomic E-state index is -4.91. The van der Waals surface area contributed by atoms with Gasteiger partial charge in [0.1, 0.15) is 5.84 Å². The molecule has 0 bridgehead atoms. The molecule has 0 atom stereocenters. The summed E-state index contributed by atoms with van der Waals surface area (Å²) in [6.07, 6.45) is -4.91. The van der Waals surface area contributed by atoms with E-state index in [9.17, 15) is 18.0 Å². The first-order valence-electron chi connectivity index (χ1n) is 6.38. The van der Waals surface area contributed by atoms with Crippen molar-refractivity contribution in [3.05, 3.63) is 35.9 Å². The monoisotopic (exact) mass is 300 g/mol. The van der Waals surface area contributed by atoms with Crippen LogP contribution in [0, 0.1) is 0 Å². The van der Waals surface area contributed by atoms with E-state index in [1.807, 2.05) is 35.2 Å². The van der Waals surface area contributed by atoms with Crippen molar-refractivity contribution in [2.75, 3.05) is 19.6 Å². The molecular weight excluding hydrogens is 285 g/mol. The van der Waals surface area contributed by atoms with Gasteiger partial charge in [-0.2, -0.15) is 13.2 Å². The van der Waals surface area contributed by atoms with Crippen LogP contribution in [0.15, 0.2) is 35.3 Å². The molecule has 1 aliphatic rings. The molecule has 21 heavy (non-hydrogen) atoms. The van der Waals surface area contributed by atoms with Gasteiger partial charge in [-0.05, 0) is 5.56 Å². The van der Waals surface area contributed by atoms with Crippen LogP contribution in [0.4, 0.5) is 13.2 Å². The lowest BCUT2D eigenvalue weighted by Gasteiger charge is -2.27. The number of nitrogens with zero attached hydrogens (tertiary/aromatic N) is 2. The maximum atomic E-state index is 12.1. The molecule has 1 aromatic carbocycles. The third kappa shape index (κ3) is 4.75. The van der Waals surface area contributed by atoms with E-state index in [1.54, 1.807) is 5.43 Å². The lowest BCUT2D eigenvalue weighted by molar-refractivity contribution is -0.174. The van der Waals surface area contributed by atoms with Crippen LogP contribution in [0.5, 0.6) is 0 Å². The quantitative estimate of drug-likeness (QED) is 0.804. The molecule has 2 N–H and O–H groups in total. The van der Waals surface area contributed by atoms with Crippen molar-refractivity contribution in [1.29, 1.82) is 0 Å². The number of hydrogen-bond donors (Lipinski definition) is 2. The fourth-order valence-corrected chi connectivity index (χ4v) is 1.92. The Bertz CT molecular complexity index is 516. The number of carbonyl (C=O) groups excluding carboxylic acids is 1. The molecule has 0 fully saturated rings. The van der Waals surface area contributed by atoms with Gasteiger partial charge in [0.25, 0.3) is 0 Å². The Hall–Kier alpha value is -2.09. The Labute approximate surface area is 119 Å². The van der Waals surface area contributed by atoms with Gasteiger partial charge < -0.3 is 0 Å². The summed E-state index contributed by atoms with van der Waals surface area (Å²) in [6.45, 7) is 2.21. The van der Waals surface area contributed by atoms with Crippen molar-refractivity contribution in [2.45, 2.75) is 12.7 Å².